The molecule has 0 aromatic carbocycles. The van der Waals surface area contributed by atoms with Crippen LogP contribution in [0, 0.1) is 4.64 Å². The smallest absolute Gasteiger partial charge is 0.144 e. The zero-order valence-corrected chi connectivity index (χ0v) is 11.8. The van der Waals surface area contributed by atoms with Gasteiger partial charge < -0.3 is 4.98 Å². The molecular formula is C10H13BrN2S2. The lowest BCUT2D eigenvalue weighted by molar-refractivity contribution is 0.912. The maximum absolute atomic E-state index is 5.24. The zero-order chi connectivity index (χ0) is 10.8. The molecule has 2 nitrogen and oxygen atoms in total. The number of nitrogens with one attached hydrogen (secondary N) is 1. The van der Waals surface area contributed by atoms with Crippen molar-refractivity contribution in [1.82, 2.24) is 9.97 Å². The van der Waals surface area contributed by atoms with Crippen LogP contribution in [0.3, 0.4) is 0 Å². The van der Waals surface area contributed by atoms with Gasteiger partial charge in [0, 0.05) is 11.6 Å². The van der Waals surface area contributed by atoms with Gasteiger partial charge in [-0.05, 0) is 34.5 Å². The van der Waals surface area contributed by atoms with Gasteiger partial charge in [0.15, 0.2) is 0 Å². The van der Waals surface area contributed by atoms with Crippen LogP contribution in [0.4, 0.5) is 0 Å². The molecule has 0 saturated heterocycles. The van der Waals surface area contributed by atoms with E-state index in [0.29, 0.717) is 10.6 Å². The number of hydrogen-bond acceptors (Lipinski definition) is 3. The fraction of sp³-hybridized carbons (Fsp3) is 0.600. The summed E-state index contributed by atoms with van der Waals surface area (Å²) in [6, 6.07) is 0. The van der Waals surface area contributed by atoms with Gasteiger partial charge in [-0.15, -0.1) is 0 Å². The molecule has 2 rings (SSSR count). The molecule has 15 heavy (non-hydrogen) atoms. The maximum atomic E-state index is 5.24. The Hall–Kier alpha value is 0.130. The molecule has 0 bridgehead atoms. The minimum absolute atomic E-state index is 0.675. The maximum Gasteiger partial charge on any atom is 0.144 e. The number of nitrogens with zero attached hydrogens (tertiary/aromatic N) is 1. The van der Waals surface area contributed by atoms with Crippen molar-refractivity contribution in [2.24, 2.45) is 0 Å². The summed E-state index contributed by atoms with van der Waals surface area (Å²) in [6.45, 7) is 2.15. The van der Waals surface area contributed by atoms with E-state index in [1.807, 2.05) is 11.8 Å². The number of rotatable bonds is 4. The Morgan fingerprint density at radius 2 is 2.33 bits per heavy atom. The third-order valence-corrected chi connectivity index (χ3v) is 4.61. The van der Waals surface area contributed by atoms with Gasteiger partial charge in [0.25, 0.3) is 0 Å². The first-order valence-corrected chi connectivity index (χ1v) is 7.44. The van der Waals surface area contributed by atoms with Gasteiger partial charge in [0.05, 0.1) is 10.2 Å². The average molecular weight is 305 g/mol. The van der Waals surface area contributed by atoms with Crippen LogP contribution in [-0.2, 0) is 5.75 Å². The van der Waals surface area contributed by atoms with E-state index in [2.05, 4.69) is 32.8 Å². The van der Waals surface area contributed by atoms with Crippen LogP contribution in [-0.4, -0.2) is 15.7 Å². The van der Waals surface area contributed by atoms with Crippen molar-refractivity contribution in [2.75, 3.05) is 5.75 Å². The van der Waals surface area contributed by atoms with E-state index in [9.17, 15) is 0 Å². The number of thioether (sulfide) groups is 1. The Morgan fingerprint density at radius 3 is 2.93 bits per heavy atom. The largest absolute Gasteiger partial charge is 0.345 e. The second kappa shape index (κ2) is 4.97. The van der Waals surface area contributed by atoms with Gasteiger partial charge in [0.1, 0.15) is 10.5 Å². The molecule has 1 N–H and O–H groups in total. The van der Waals surface area contributed by atoms with Gasteiger partial charge >= 0.3 is 0 Å². The average Bonchev–Trinajstić information content (AvgIpc) is 3.03. The summed E-state index contributed by atoms with van der Waals surface area (Å²) in [5.41, 5.74) is 1.25. The van der Waals surface area contributed by atoms with Crippen molar-refractivity contribution in [3.8, 4) is 0 Å². The third kappa shape index (κ3) is 2.82. The molecule has 0 amide bonds. The summed E-state index contributed by atoms with van der Waals surface area (Å²) in [5.74, 6) is 3.72. The van der Waals surface area contributed by atoms with Crippen LogP contribution in [0.25, 0.3) is 0 Å². The standard InChI is InChI=1S/C10H13BrN2S2/c1-2-15-5-7-12-9(6-3-4-6)8(11)10(14)13-7/h6H,2-5H2,1H3,(H,12,13,14). The van der Waals surface area contributed by atoms with Gasteiger partial charge in [0.2, 0.25) is 0 Å². The van der Waals surface area contributed by atoms with E-state index < -0.39 is 0 Å². The lowest BCUT2D eigenvalue weighted by atomic mass is 10.3. The zero-order valence-electron chi connectivity index (χ0n) is 8.55. The molecule has 0 aliphatic heterocycles. The minimum atomic E-state index is 0.675. The van der Waals surface area contributed by atoms with E-state index in [1.165, 1.54) is 18.5 Å². The summed E-state index contributed by atoms with van der Waals surface area (Å²) in [5, 5.41) is 0. The predicted molar refractivity (Wildman–Crippen MR) is 70.9 cm³/mol. The molecule has 1 aromatic rings. The monoisotopic (exact) mass is 304 g/mol. The van der Waals surface area contributed by atoms with E-state index >= 15 is 0 Å². The molecule has 5 heteroatoms. The first kappa shape index (κ1) is 11.6. The van der Waals surface area contributed by atoms with E-state index in [0.717, 1.165) is 21.8 Å². The molecule has 1 aliphatic carbocycles. The Kier molecular flexibility index (Phi) is 3.85. The fourth-order valence-electron chi connectivity index (χ4n) is 1.45. The second-order valence-electron chi connectivity index (χ2n) is 3.63. The molecule has 1 aromatic heterocycles. The van der Waals surface area contributed by atoms with E-state index in [-0.39, 0.29) is 0 Å². The first-order chi connectivity index (χ1) is 7.22. The molecule has 1 aliphatic rings. The lowest BCUT2D eigenvalue weighted by Gasteiger charge is -2.06. The van der Waals surface area contributed by atoms with Crippen LogP contribution in [0.5, 0.6) is 0 Å². The highest BCUT2D eigenvalue weighted by Crippen LogP contribution is 2.42. The summed E-state index contributed by atoms with van der Waals surface area (Å²) in [6.07, 6.45) is 2.54. The Bertz CT molecular complexity index is 412. The Labute approximate surface area is 107 Å². The van der Waals surface area contributed by atoms with Gasteiger partial charge in [-0.1, -0.05) is 19.1 Å². The normalized spacial score (nSPS) is 15.6. The topological polar surface area (TPSA) is 28.7 Å². The summed E-state index contributed by atoms with van der Waals surface area (Å²) >= 11 is 10.6. The van der Waals surface area contributed by atoms with Crippen LogP contribution in [0.2, 0.25) is 0 Å². The molecule has 0 radical (unpaired) electrons. The second-order valence-corrected chi connectivity index (χ2v) is 6.08. The number of aromatic nitrogens is 2. The quantitative estimate of drug-likeness (QED) is 0.851. The van der Waals surface area contributed by atoms with Crippen LogP contribution in [0.15, 0.2) is 4.47 Å². The van der Waals surface area contributed by atoms with Crippen molar-refractivity contribution in [2.45, 2.75) is 31.4 Å². The van der Waals surface area contributed by atoms with Crippen LogP contribution in [0.1, 0.15) is 37.2 Å². The molecular weight excluding hydrogens is 292 g/mol. The number of halogens is 1. The highest BCUT2D eigenvalue weighted by Gasteiger charge is 2.27. The summed E-state index contributed by atoms with van der Waals surface area (Å²) < 4.78 is 1.69. The molecule has 82 valence electrons. The van der Waals surface area contributed by atoms with Gasteiger partial charge in [-0.2, -0.15) is 11.8 Å². The summed E-state index contributed by atoms with van der Waals surface area (Å²) in [7, 11) is 0. The first-order valence-electron chi connectivity index (χ1n) is 5.08. The van der Waals surface area contributed by atoms with E-state index in [1.54, 1.807) is 0 Å². The van der Waals surface area contributed by atoms with Crippen LogP contribution < -0.4 is 0 Å². The van der Waals surface area contributed by atoms with E-state index in [4.69, 9.17) is 12.2 Å². The number of hydrogen-bond donors (Lipinski definition) is 1. The number of H-pyrrole nitrogens is 1. The summed E-state index contributed by atoms with van der Waals surface area (Å²) in [4.78, 5) is 7.78. The molecule has 1 saturated carbocycles. The minimum Gasteiger partial charge on any atom is -0.345 e. The van der Waals surface area contributed by atoms with Gasteiger partial charge in [-0.3, -0.25) is 0 Å². The Balaban J connectivity index is 2.29. The molecule has 0 unspecified atom stereocenters. The Morgan fingerprint density at radius 1 is 1.60 bits per heavy atom. The molecule has 1 fully saturated rings. The number of aromatic amines is 1. The van der Waals surface area contributed by atoms with Crippen molar-refractivity contribution >= 4 is 39.9 Å². The highest BCUT2D eigenvalue weighted by molar-refractivity contribution is 9.10. The third-order valence-electron chi connectivity index (χ3n) is 2.37. The highest BCUT2D eigenvalue weighted by atomic mass is 79.9. The molecule has 1 heterocycles. The predicted octanol–water partition coefficient (Wildman–Crippen LogP) is 4.03. The van der Waals surface area contributed by atoms with Crippen molar-refractivity contribution in [3.05, 3.63) is 20.6 Å². The van der Waals surface area contributed by atoms with Crippen molar-refractivity contribution < 1.29 is 0 Å². The van der Waals surface area contributed by atoms with Crippen molar-refractivity contribution in [3.63, 3.8) is 0 Å². The van der Waals surface area contributed by atoms with Gasteiger partial charge in [-0.25, -0.2) is 4.98 Å². The molecule has 0 spiro atoms. The fourth-order valence-corrected chi connectivity index (χ4v) is 2.71. The SMILES string of the molecule is CCSCc1nc(=S)c(Br)c(C2CC2)[nH]1. The van der Waals surface area contributed by atoms with Crippen molar-refractivity contribution in [1.29, 1.82) is 0 Å². The molecule has 0 atom stereocenters. The lowest BCUT2D eigenvalue weighted by Crippen LogP contribution is -1.99. The van der Waals surface area contributed by atoms with Crippen LogP contribution >= 0.6 is 39.9 Å².